The van der Waals surface area contributed by atoms with Gasteiger partial charge >= 0.3 is 0 Å². The van der Waals surface area contributed by atoms with Crippen LogP contribution in [-0.4, -0.2) is 40.0 Å². The second kappa shape index (κ2) is 10.8. The van der Waals surface area contributed by atoms with Crippen molar-refractivity contribution in [1.29, 1.82) is 0 Å². The van der Waals surface area contributed by atoms with Crippen LogP contribution in [0, 0.1) is 0 Å². The number of benzene rings is 2. The van der Waals surface area contributed by atoms with Crippen LogP contribution in [0.5, 0.6) is 0 Å². The molecule has 1 heterocycles. The van der Waals surface area contributed by atoms with Crippen LogP contribution in [0.4, 0.5) is 0 Å². The van der Waals surface area contributed by atoms with Crippen LogP contribution in [0.3, 0.4) is 0 Å². The third-order valence-corrected chi connectivity index (χ3v) is 8.63. The topological polar surface area (TPSA) is 49.4 Å². The Hall–Kier alpha value is -1.63. The van der Waals surface area contributed by atoms with Crippen molar-refractivity contribution >= 4 is 46.9 Å². The Morgan fingerprint density at radius 1 is 1.10 bits per heavy atom. The van der Waals surface area contributed by atoms with Crippen molar-refractivity contribution in [2.75, 3.05) is 18.1 Å². The van der Waals surface area contributed by atoms with Crippen LogP contribution in [0.1, 0.15) is 52.5 Å². The Morgan fingerprint density at radius 2 is 1.81 bits per heavy atom. The van der Waals surface area contributed by atoms with E-state index in [1.165, 1.54) is 25.7 Å². The summed E-state index contributed by atoms with van der Waals surface area (Å²) < 4.78 is 0. The smallest absolute Gasteiger partial charge is 0.251 e. The highest BCUT2D eigenvalue weighted by Gasteiger charge is 2.32. The maximum atomic E-state index is 12.5. The fraction of sp³-hybridized carbons (Fsp3) is 0.417. The lowest BCUT2D eigenvalue weighted by Gasteiger charge is -2.24. The van der Waals surface area contributed by atoms with Gasteiger partial charge in [-0.3, -0.25) is 9.59 Å². The van der Waals surface area contributed by atoms with E-state index in [9.17, 15) is 9.59 Å². The molecule has 2 aliphatic rings. The number of nitrogens with one attached hydrogen (secondary N) is 1. The summed E-state index contributed by atoms with van der Waals surface area (Å²) in [6.45, 7) is 1.25. The number of amides is 2. The number of carbonyl (C=O) groups excluding carboxylic acids is 2. The first kappa shape index (κ1) is 22.6. The van der Waals surface area contributed by atoms with Crippen LogP contribution in [0.25, 0.3) is 0 Å². The van der Waals surface area contributed by atoms with E-state index in [-0.39, 0.29) is 17.2 Å². The average Bonchev–Trinajstić information content (AvgIpc) is 3.43. The van der Waals surface area contributed by atoms with E-state index in [4.69, 9.17) is 11.6 Å². The zero-order valence-corrected chi connectivity index (χ0v) is 19.8. The highest BCUT2D eigenvalue weighted by molar-refractivity contribution is 8.00. The molecule has 1 atom stereocenters. The Balaban J connectivity index is 1.32. The van der Waals surface area contributed by atoms with E-state index >= 15 is 0 Å². The second-order valence-corrected chi connectivity index (χ2v) is 10.9. The van der Waals surface area contributed by atoms with Crippen molar-refractivity contribution in [1.82, 2.24) is 10.2 Å². The molecule has 0 radical (unpaired) electrons. The Kier molecular flexibility index (Phi) is 7.86. The lowest BCUT2D eigenvalue weighted by molar-refractivity contribution is -0.128. The molecular weight excluding hydrogens is 448 g/mol. The monoisotopic (exact) mass is 474 g/mol. The predicted octanol–water partition coefficient (Wildman–Crippen LogP) is 5.52. The van der Waals surface area contributed by atoms with Crippen molar-refractivity contribution in [2.24, 2.45) is 0 Å². The molecule has 4 rings (SSSR count). The van der Waals surface area contributed by atoms with Gasteiger partial charge in [0, 0.05) is 34.7 Å². The summed E-state index contributed by atoms with van der Waals surface area (Å²) in [5.74, 6) is 1.53. The van der Waals surface area contributed by atoms with Gasteiger partial charge in [0.15, 0.2) is 0 Å². The second-order valence-electron chi connectivity index (χ2n) is 7.97. The van der Waals surface area contributed by atoms with Crippen LogP contribution >= 0.6 is 35.1 Å². The summed E-state index contributed by atoms with van der Waals surface area (Å²) in [4.78, 5) is 26.8. The fourth-order valence-electron chi connectivity index (χ4n) is 4.03. The van der Waals surface area contributed by atoms with E-state index < -0.39 is 0 Å². The van der Waals surface area contributed by atoms with Crippen molar-refractivity contribution in [3.05, 3.63) is 70.2 Å². The van der Waals surface area contributed by atoms with Crippen LogP contribution in [0.15, 0.2) is 48.5 Å². The van der Waals surface area contributed by atoms with Gasteiger partial charge < -0.3 is 10.2 Å². The lowest BCUT2D eigenvalue weighted by Crippen LogP contribution is -2.28. The molecule has 1 aliphatic carbocycles. The molecule has 1 saturated carbocycles. The molecule has 7 heteroatoms. The quantitative estimate of drug-likeness (QED) is 0.512. The highest BCUT2D eigenvalue weighted by atomic mass is 35.5. The molecule has 0 spiro atoms. The number of hydrogen-bond acceptors (Lipinski definition) is 4. The minimum absolute atomic E-state index is 0.0354. The predicted molar refractivity (Wildman–Crippen MR) is 131 cm³/mol. The van der Waals surface area contributed by atoms with Crippen LogP contribution in [-0.2, 0) is 11.3 Å². The lowest BCUT2D eigenvalue weighted by atomic mass is 10.1. The van der Waals surface area contributed by atoms with Crippen molar-refractivity contribution in [3.8, 4) is 0 Å². The van der Waals surface area contributed by atoms with E-state index in [1.807, 2.05) is 65.2 Å². The molecule has 1 aliphatic heterocycles. The van der Waals surface area contributed by atoms with Crippen molar-refractivity contribution < 1.29 is 9.59 Å². The summed E-state index contributed by atoms with van der Waals surface area (Å²) in [5.41, 5.74) is 2.75. The van der Waals surface area contributed by atoms with Crippen LogP contribution < -0.4 is 5.32 Å². The zero-order chi connectivity index (χ0) is 21.6. The molecule has 0 aromatic heterocycles. The first-order valence-electron chi connectivity index (χ1n) is 10.8. The number of hydrogen-bond donors (Lipinski definition) is 1. The minimum Gasteiger partial charge on any atom is -0.351 e. The zero-order valence-electron chi connectivity index (χ0n) is 17.4. The molecule has 31 heavy (non-hydrogen) atoms. The van der Waals surface area contributed by atoms with Gasteiger partial charge in [0.25, 0.3) is 5.91 Å². The van der Waals surface area contributed by atoms with E-state index in [2.05, 4.69) is 5.32 Å². The fourth-order valence-corrected chi connectivity index (χ4v) is 6.57. The van der Waals surface area contributed by atoms with Crippen molar-refractivity contribution in [2.45, 2.75) is 42.9 Å². The molecule has 4 nitrogen and oxygen atoms in total. The number of nitrogens with zero attached hydrogens (tertiary/aromatic N) is 1. The van der Waals surface area contributed by atoms with Gasteiger partial charge in [0.1, 0.15) is 5.37 Å². The maximum Gasteiger partial charge on any atom is 0.251 e. The number of carbonyl (C=O) groups is 2. The molecular formula is C24H27ClN2O2S2. The molecule has 2 amide bonds. The van der Waals surface area contributed by atoms with Crippen molar-refractivity contribution in [3.63, 3.8) is 0 Å². The number of halogens is 1. The molecule has 0 unspecified atom stereocenters. The molecule has 164 valence electrons. The van der Waals surface area contributed by atoms with E-state index in [1.54, 1.807) is 11.8 Å². The van der Waals surface area contributed by atoms with Gasteiger partial charge in [-0.1, -0.05) is 48.7 Å². The minimum atomic E-state index is -0.0388. The molecule has 0 bridgehead atoms. The maximum absolute atomic E-state index is 12.5. The standard InChI is InChI=1S/C24H27ClN2O2S2/c25-20-11-5-17(6-12-20)15-27-22(28)16-31-24(27)19-9-7-18(8-10-19)23(29)26-13-14-30-21-3-1-2-4-21/h5-12,21,24H,1-4,13-16H2,(H,26,29)/t24-/m0/s1. The molecule has 2 aromatic carbocycles. The SMILES string of the molecule is O=C(NCCSC1CCCC1)c1ccc([C@@H]2SCC(=O)N2Cc2ccc(Cl)cc2)cc1. The molecule has 2 aromatic rings. The van der Waals surface area contributed by atoms with E-state index in [0.29, 0.717) is 29.4 Å². The largest absolute Gasteiger partial charge is 0.351 e. The van der Waals surface area contributed by atoms with Gasteiger partial charge in [-0.15, -0.1) is 11.8 Å². The molecule has 2 fully saturated rings. The normalized spacial score (nSPS) is 19.2. The van der Waals surface area contributed by atoms with Gasteiger partial charge in [-0.25, -0.2) is 0 Å². The third-order valence-electron chi connectivity index (χ3n) is 5.74. The summed E-state index contributed by atoms with van der Waals surface area (Å²) in [7, 11) is 0. The van der Waals surface area contributed by atoms with Gasteiger partial charge in [0.05, 0.1) is 5.75 Å². The van der Waals surface area contributed by atoms with E-state index in [0.717, 1.165) is 22.1 Å². The Bertz CT molecular complexity index is 899. The summed E-state index contributed by atoms with van der Waals surface area (Å²) in [6.07, 6.45) is 5.32. The summed E-state index contributed by atoms with van der Waals surface area (Å²) >= 11 is 9.58. The summed E-state index contributed by atoms with van der Waals surface area (Å²) in [5, 5.41) is 4.45. The summed E-state index contributed by atoms with van der Waals surface area (Å²) in [6, 6.07) is 15.2. The number of rotatable bonds is 8. The average molecular weight is 475 g/mol. The first-order valence-corrected chi connectivity index (χ1v) is 13.2. The number of thioether (sulfide) groups is 2. The Labute approximate surface area is 197 Å². The highest BCUT2D eigenvalue weighted by Crippen LogP contribution is 2.39. The van der Waals surface area contributed by atoms with Gasteiger partial charge in [-0.05, 0) is 48.2 Å². The molecule has 1 N–H and O–H groups in total. The third kappa shape index (κ3) is 5.99. The Morgan fingerprint density at radius 3 is 2.52 bits per heavy atom. The molecule has 1 saturated heterocycles. The van der Waals surface area contributed by atoms with Crippen LogP contribution in [0.2, 0.25) is 5.02 Å². The van der Waals surface area contributed by atoms with Gasteiger partial charge in [-0.2, -0.15) is 11.8 Å². The first-order chi connectivity index (χ1) is 15.1. The van der Waals surface area contributed by atoms with Gasteiger partial charge in [0.2, 0.25) is 5.91 Å².